The highest BCUT2D eigenvalue weighted by molar-refractivity contribution is 5.56. The lowest BCUT2D eigenvalue weighted by Gasteiger charge is -1.98. The number of carbonyl (C=O) groups is 2. The molecule has 0 aliphatic rings. The Kier molecular flexibility index (Phi) is 17.5. The van der Waals surface area contributed by atoms with Gasteiger partial charge >= 0.3 is 7.58 Å². The van der Waals surface area contributed by atoms with Gasteiger partial charge in [0.15, 0.2) is 6.79 Å². The quantitative estimate of drug-likeness (QED) is 0.297. The van der Waals surface area contributed by atoms with Crippen molar-refractivity contribution in [3.8, 4) is 0 Å². The fourth-order valence-corrected chi connectivity index (χ4v) is 0.108. The van der Waals surface area contributed by atoms with Crippen LogP contribution in [0.25, 0.3) is 0 Å². The third kappa shape index (κ3) is 37.8. The molecule has 9 heteroatoms. The number of hydrogen-bond acceptors (Lipinski definition) is 8. The molecular weight excluding hydrogens is 190 g/mol. The molecular formula is C4H11NO8. The van der Waals surface area contributed by atoms with Crippen molar-refractivity contribution < 1.29 is 40.9 Å². The molecule has 0 spiro atoms. The Morgan fingerprint density at radius 3 is 1.62 bits per heavy atom. The molecule has 0 aromatic heterocycles. The summed E-state index contributed by atoms with van der Waals surface area (Å²) < 4.78 is 6.92. The van der Waals surface area contributed by atoms with E-state index in [4.69, 9.17) is 25.2 Å². The summed E-state index contributed by atoms with van der Waals surface area (Å²) in [5, 5.41) is 31.9. The molecule has 0 bridgehead atoms. The summed E-state index contributed by atoms with van der Waals surface area (Å²) in [7, 11) is 0. The minimum absolute atomic E-state index is 0. The summed E-state index contributed by atoms with van der Waals surface area (Å²) in [4.78, 5) is 18.3. The molecule has 0 radical (unpaired) electrons. The van der Waals surface area contributed by atoms with E-state index < -0.39 is 25.9 Å². The van der Waals surface area contributed by atoms with Crippen molar-refractivity contribution >= 4 is 12.3 Å². The van der Waals surface area contributed by atoms with Gasteiger partial charge in [0.2, 0.25) is 0 Å². The van der Waals surface area contributed by atoms with Crippen molar-refractivity contribution in [2.75, 3.05) is 13.6 Å². The highest BCUT2D eigenvalue weighted by atomic mass is 16.7. The molecule has 13 heavy (non-hydrogen) atoms. The molecule has 0 amide bonds. The van der Waals surface area contributed by atoms with Crippen LogP contribution in [-0.2, 0) is 9.47 Å². The SMILES string of the molecule is N.O=C(O)OCO.O=C([O-])OCO.[H+]. The summed E-state index contributed by atoms with van der Waals surface area (Å²) in [6, 6.07) is 0. The van der Waals surface area contributed by atoms with Crippen molar-refractivity contribution in [1.82, 2.24) is 6.15 Å². The second-order valence-electron chi connectivity index (χ2n) is 1.06. The second kappa shape index (κ2) is 13.0. The van der Waals surface area contributed by atoms with Gasteiger partial charge in [-0.1, -0.05) is 0 Å². The maximum atomic E-state index is 9.22. The number of ether oxygens (including phenoxy) is 2. The first-order chi connectivity index (χ1) is 5.54. The molecule has 0 aromatic carbocycles. The lowest BCUT2D eigenvalue weighted by Crippen LogP contribution is -2.23. The standard InChI is InChI=1S/2C2H4O4.H3N/c2*3-1-6-2(4)5;/h2*3H,1H2,(H,4,5);1H3. The zero-order valence-corrected chi connectivity index (χ0v) is 6.50. The Hall–Kier alpha value is -1.58. The minimum Gasteiger partial charge on any atom is -0.524 e. The number of hydrogen-bond donors (Lipinski definition) is 4. The average molecular weight is 201 g/mol. The Morgan fingerprint density at radius 2 is 1.62 bits per heavy atom. The van der Waals surface area contributed by atoms with Crippen LogP contribution < -0.4 is 11.3 Å². The lowest BCUT2D eigenvalue weighted by molar-refractivity contribution is -0.288. The van der Waals surface area contributed by atoms with Gasteiger partial charge in [-0.15, -0.1) is 0 Å². The van der Waals surface area contributed by atoms with Crippen molar-refractivity contribution in [2.45, 2.75) is 0 Å². The first-order valence-corrected chi connectivity index (χ1v) is 2.45. The van der Waals surface area contributed by atoms with Crippen LogP contribution in [0.5, 0.6) is 0 Å². The van der Waals surface area contributed by atoms with E-state index in [1.165, 1.54) is 0 Å². The highest BCUT2D eigenvalue weighted by Gasteiger charge is 1.87. The molecule has 0 aliphatic heterocycles. The summed E-state index contributed by atoms with van der Waals surface area (Å²) in [6.45, 7) is -1.60. The zero-order chi connectivity index (χ0) is 9.98. The molecule has 0 aromatic rings. The van der Waals surface area contributed by atoms with Crippen molar-refractivity contribution in [3.05, 3.63) is 0 Å². The monoisotopic (exact) mass is 201 g/mol. The van der Waals surface area contributed by atoms with E-state index in [-0.39, 0.29) is 7.58 Å². The van der Waals surface area contributed by atoms with Crippen LogP contribution in [0, 0.1) is 0 Å². The molecule has 6 N–H and O–H groups in total. The molecule has 0 saturated carbocycles. The number of rotatable bonds is 2. The van der Waals surface area contributed by atoms with Crippen LogP contribution >= 0.6 is 0 Å². The van der Waals surface area contributed by atoms with Crippen molar-refractivity contribution in [1.29, 1.82) is 0 Å². The van der Waals surface area contributed by atoms with Crippen LogP contribution in [-0.4, -0.2) is 41.2 Å². The second-order valence-corrected chi connectivity index (χ2v) is 1.06. The Labute approximate surface area is 74.2 Å². The Bertz CT molecular complexity index is 125. The van der Waals surface area contributed by atoms with Crippen LogP contribution in [0.1, 0.15) is 1.43 Å². The smallest absolute Gasteiger partial charge is 0.524 e. The summed E-state index contributed by atoms with van der Waals surface area (Å²) in [5.74, 6) is 0. The molecule has 0 atom stereocenters. The number of aliphatic hydroxyl groups excluding tert-OH is 2. The largest absolute Gasteiger partial charge is 1.00 e. The third-order valence-electron chi connectivity index (χ3n) is 0.370. The fourth-order valence-electron chi connectivity index (χ4n) is 0.108. The van der Waals surface area contributed by atoms with Gasteiger partial charge in [-0.3, -0.25) is 0 Å². The first-order valence-electron chi connectivity index (χ1n) is 2.45. The number of carbonyl (C=O) groups excluding carboxylic acids is 1. The van der Waals surface area contributed by atoms with Crippen LogP contribution in [0.4, 0.5) is 9.59 Å². The number of aliphatic hydroxyl groups is 2. The molecule has 0 fully saturated rings. The Balaban J connectivity index is -0.0000000625. The van der Waals surface area contributed by atoms with Gasteiger partial charge in [-0.05, 0) is 0 Å². The third-order valence-corrected chi connectivity index (χ3v) is 0.370. The van der Waals surface area contributed by atoms with E-state index in [1.807, 2.05) is 0 Å². The topological polar surface area (TPSA) is 171 Å². The zero-order valence-electron chi connectivity index (χ0n) is 7.50. The van der Waals surface area contributed by atoms with E-state index in [1.54, 1.807) is 0 Å². The van der Waals surface area contributed by atoms with E-state index in [9.17, 15) is 4.79 Å². The Morgan fingerprint density at radius 1 is 1.23 bits per heavy atom. The average Bonchev–Trinajstić information content (AvgIpc) is 1.87. The van der Waals surface area contributed by atoms with Crippen LogP contribution in [0.15, 0.2) is 0 Å². The maximum Gasteiger partial charge on any atom is 1.00 e. The van der Waals surface area contributed by atoms with Gasteiger partial charge in [-0.2, -0.15) is 0 Å². The molecule has 0 aliphatic carbocycles. The summed E-state index contributed by atoms with van der Waals surface area (Å²) >= 11 is 0. The predicted octanol–water partition coefficient (Wildman–Crippen LogP) is -1.80. The fraction of sp³-hybridized carbons (Fsp3) is 0.500. The van der Waals surface area contributed by atoms with Gasteiger partial charge in [-0.25, -0.2) is 4.79 Å². The first kappa shape index (κ1) is 17.5. The van der Waals surface area contributed by atoms with E-state index in [0.717, 1.165) is 0 Å². The lowest BCUT2D eigenvalue weighted by atomic mass is 11.3. The van der Waals surface area contributed by atoms with Crippen molar-refractivity contribution in [2.24, 2.45) is 0 Å². The summed E-state index contributed by atoms with van der Waals surface area (Å²) in [6.07, 6.45) is -3.17. The number of carboxylic acid groups (broad SMARTS) is 2. The minimum atomic E-state index is -1.71. The van der Waals surface area contributed by atoms with E-state index in [2.05, 4.69) is 9.47 Å². The normalized spacial score (nSPS) is 6.92. The van der Waals surface area contributed by atoms with Gasteiger partial charge in [0.25, 0.3) is 6.16 Å². The molecule has 0 saturated heterocycles. The van der Waals surface area contributed by atoms with Gasteiger partial charge in [0.05, 0.1) is 0 Å². The summed E-state index contributed by atoms with van der Waals surface area (Å²) in [5.41, 5.74) is 0. The molecule has 0 heterocycles. The van der Waals surface area contributed by atoms with E-state index in [0.29, 0.717) is 0 Å². The maximum absolute atomic E-state index is 9.22. The van der Waals surface area contributed by atoms with Crippen molar-refractivity contribution in [3.63, 3.8) is 0 Å². The predicted molar refractivity (Wildman–Crippen MR) is 35.9 cm³/mol. The van der Waals surface area contributed by atoms with Crippen LogP contribution in [0.3, 0.4) is 0 Å². The van der Waals surface area contributed by atoms with E-state index >= 15 is 0 Å². The molecule has 9 nitrogen and oxygen atoms in total. The molecule has 0 unspecified atom stereocenters. The van der Waals surface area contributed by atoms with Gasteiger partial charge in [0, 0.05) is 0 Å². The molecule has 80 valence electrons. The highest BCUT2D eigenvalue weighted by Crippen LogP contribution is 1.67. The van der Waals surface area contributed by atoms with Gasteiger partial charge in [0.1, 0.15) is 6.79 Å². The van der Waals surface area contributed by atoms with Gasteiger partial charge < -0.3 is 40.8 Å². The van der Waals surface area contributed by atoms with Crippen LogP contribution in [0.2, 0.25) is 0 Å². The molecule has 0 rings (SSSR count).